The summed E-state index contributed by atoms with van der Waals surface area (Å²) in [6.07, 6.45) is 5.86. The van der Waals surface area contributed by atoms with Gasteiger partial charge in [-0.2, -0.15) is 0 Å². The third-order valence-electron chi connectivity index (χ3n) is 3.30. The molecule has 0 radical (unpaired) electrons. The third kappa shape index (κ3) is 1.69. The van der Waals surface area contributed by atoms with Crippen LogP contribution >= 0.6 is 0 Å². The Labute approximate surface area is 95.4 Å². The molecule has 0 atom stereocenters. The summed E-state index contributed by atoms with van der Waals surface area (Å²) in [6, 6.07) is 8.60. The number of nitrogens with one attached hydrogen (secondary N) is 2. The Morgan fingerprint density at radius 1 is 1.12 bits per heavy atom. The van der Waals surface area contributed by atoms with Crippen LogP contribution in [0.25, 0.3) is 5.57 Å². The van der Waals surface area contributed by atoms with E-state index >= 15 is 0 Å². The zero-order valence-corrected chi connectivity index (χ0v) is 9.42. The van der Waals surface area contributed by atoms with Gasteiger partial charge in [-0.15, -0.1) is 0 Å². The van der Waals surface area contributed by atoms with Gasteiger partial charge in [0.2, 0.25) is 11.1 Å². The Bertz CT molecular complexity index is 540. The lowest BCUT2D eigenvalue weighted by molar-refractivity contribution is -0.432. The highest BCUT2D eigenvalue weighted by Crippen LogP contribution is 2.10. The van der Waals surface area contributed by atoms with Gasteiger partial charge < -0.3 is 5.32 Å². The summed E-state index contributed by atoms with van der Waals surface area (Å²) in [5.41, 5.74) is 2.81. The van der Waals surface area contributed by atoms with E-state index in [-0.39, 0.29) is 0 Å². The summed E-state index contributed by atoms with van der Waals surface area (Å²) in [4.78, 5) is 3.53. The third-order valence-corrected chi connectivity index (χ3v) is 3.30. The van der Waals surface area contributed by atoms with Crippen molar-refractivity contribution in [1.29, 1.82) is 0 Å². The molecule has 0 saturated heterocycles. The summed E-state index contributed by atoms with van der Waals surface area (Å²) in [6.45, 7) is 2.22. The Hall–Kier alpha value is -1.41. The molecule has 0 unspecified atom stereocenters. The summed E-state index contributed by atoms with van der Waals surface area (Å²) >= 11 is 0. The summed E-state index contributed by atoms with van der Waals surface area (Å²) < 4.78 is 0. The first-order valence-corrected chi connectivity index (χ1v) is 6.08. The van der Waals surface area contributed by atoms with Crippen molar-refractivity contribution in [3.05, 3.63) is 46.6 Å². The van der Waals surface area contributed by atoms with E-state index in [0.29, 0.717) is 0 Å². The highest BCUT2D eigenvalue weighted by atomic mass is 14.9. The van der Waals surface area contributed by atoms with E-state index in [4.69, 9.17) is 0 Å². The van der Waals surface area contributed by atoms with Crippen molar-refractivity contribution in [2.24, 2.45) is 0 Å². The lowest BCUT2D eigenvalue weighted by atomic mass is 10.1. The van der Waals surface area contributed by atoms with Crippen LogP contribution in [-0.4, -0.2) is 13.1 Å². The standard InChI is InChI=1S/C14H16N2/c1-2-6-13-11(5-1)12-8-10-15-9-4-3-7-14(12)16-13/h1-2,5-7,15H,3-4,8-10H2/p+1/b14-7+. The molecule has 0 saturated carbocycles. The maximum absolute atomic E-state index is 3.53. The first-order chi connectivity index (χ1) is 7.95. The molecule has 0 spiro atoms. The van der Waals surface area contributed by atoms with Crippen LogP contribution in [0.1, 0.15) is 19.3 Å². The second-order valence-electron chi connectivity index (χ2n) is 4.41. The molecule has 2 aliphatic rings. The molecule has 0 fully saturated rings. The van der Waals surface area contributed by atoms with Gasteiger partial charge in [-0.25, -0.2) is 4.99 Å². The molecular weight excluding hydrogens is 196 g/mol. The molecular formula is C14H17N2+. The Kier molecular flexibility index (Phi) is 2.58. The van der Waals surface area contributed by atoms with Crippen molar-refractivity contribution in [2.75, 3.05) is 13.1 Å². The maximum Gasteiger partial charge on any atom is 0.211 e. The van der Waals surface area contributed by atoms with Crippen LogP contribution in [0.4, 0.5) is 0 Å². The monoisotopic (exact) mass is 213 g/mol. The molecule has 0 aliphatic carbocycles. The van der Waals surface area contributed by atoms with E-state index in [1.165, 1.54) is 28.3 Å². The van der Waals surface area contributed by atoms with Gasteiger partial charge in [0.25, 0.3) is 0 Å². The fraction of sp³-hybridized carbons (Fsp3) is 0.357. The van der Waals surface area contributed by atoms with Crippen LogP contribution in [0.15, 0.2) is 36.0 Å². The number of hydrogen-bond acceptors (Lipinski definition) is 1. The molecule has 2 heteroatoms. The first-order valence-electron chi connectivity index (χ1n) is 6.08. The van der Waals surface area contributed by atoms with Crippen molar-refractivity contribution in [3.8, 4) is 0 Å². The predicted octanol–water partition coefficient (Wildman–Crippen LogP) is -0.791. The van der Waals surface area contributed by atoms with Crippen LogP contribution in [0.3, 0.4) is 0 Å². The van der Waals surface area contributed by atoms with Crippen LogP contribution in [0.2, 0.25) is 0 Å². The number of allylic oxidation sites excluding steroid dienone is 2. The van der Waals surface area contributed by atoms with Crippen LogP contribution < -0.4 is 20.9 Å². The highest BCUT2D eigenvalue weighted by molar-refractivity contribution is 5.61. The topological polar surface area (TPSA) is 26.0 Å². The normalized spacial score (nSPS) is 23.0. The molecule has 0 aromatic heterocycles. The van der Waals surface area contributed by atoms with Gasteiger partial charge in [0.1, 0.15) is 0 Å². The predicted molar refractivity (Wildman–Crippen MR) is 64.0 cm³/mol. The van der Waals surface area contributed by atoms with Gasteiger partial charge in [-0.05, 0) is 44.5 Å². The minimum absolute atomic E-state index is 1.09. The van der Waals surface area contributed by atoms with E-state index in [0.717, 1.165) is 25.9 Å². The lowest BCUT2D eigenvalue weighted by Crippen LogP contribution is -2.74. The Balaban J connectivity index is 2.15. The Morgan fingerprint density at radius 3 is 3.06 bits per heavy atom. The van der Waals surface area contributed by atoms with Crippen molar-refractivity contribution < 1.29 is 4.99 Å². The second-order valence-corrected chi connectivity index (χ2v) is 4.41. The molecule has 2 aliphatic heterocycles. The van der Waals surface area contributed by atoms with E-state index in [2.05, 4.69) is 40.7 Å². The highest BCUT2D eigenvalue weighted by Gasteiger charge is 2.18. The second kappa shape index (κ2) is 4.22. The average molecular weight is 213 g/mol. The molecule has 1 aromatic carbocycles. The van der Waals surface area contributed by atoms with E-state index in [1.807, 2.05) is 0 Å². The van der Waals surface area contributed by atoms with Crippen molar-refractivity contribution in [3.63, 3.8) is 0 Å². The van der Waals surface area contributed by atoms with E-state index < -0.39 is 0 Å². The van der Waals surface area contributed by atoms with E-state index in [1.54, 1.807) is 0 Å². The molecule has 2 nitrogen and oxygen atoms in total. The van der Waals surface area contributed by atoms with Crippen molar-refractivity contribution >= 4 is 5.57 Å². The summed E-state index contributed by atoms with van der Waals surface area (Å²) in [5, 5.41) is 6.14. The Morgan fingerprint density at radius 2 is 2.06 bits per heavy atom. The lowest BCUT2D eigenvalue weighted by Gasteiger charge is -2.00. The SMILES string of the molecule is C1=C2/[NH+]=c3ccccc3=C2CCNCCC/1. The molecule has 82 valence electrons. The number of fused-ring (bicyclic) bond motifs is 2. The zero-order chi connectivity index (χ0) is 10.8. The largest absolute Gasteiger partial charge is 0.316 e. The fourth-order valence-electron chi connectivity index (χ4n) is 2.48. The van der Waals surface area contributed by atoms with Crippen molar-refractivity contribution in [2.45, 2.75) is 19.3 Å². The average Bonchev–Trinajstić information content (AvgIpc) is 2.69. The van der Waals surface area contributed by atoms with Crippen LogP contribution in [0, 0.1) is 0 Å². The maximum atomic E-state index is 3.53. The first kappa shape index (κ1) is 9.79. The molecule has 0 bridgehead atoms. The van der Waals surface area contributed by atoms with Gasteiger partial charge >= 0.3 is 0 Å². The van der Waals surface area contributed by atoms with Gasteiger partial charge in [0.15, 0.2) is 0 Å². The number of hydrogen-bond donors (Lipinski definition) is 2. The van der Waals surface area contributed by atoms with Crippen LogP contribution in [-0.2, 0) is 0 Å². The van der Waals surface area contributed by atoms with Crippen molar-refractivity contribution in [1.82, 2.24) is 5.32 Å². The minimum atomic E-state index is 1.09. The molecule has 2 heterocycles. The quantitative estimate of drug-likeness (QED) is 0.580. The van der Waals surface area contributed by atoms with Gasteiger partial charge in [-0.1, -0.05) is 12.1 Å². The molecule has 0 amide bonds. The summed E-state index contributed by atoms with van der Waals surface area (Å²) in [5.74, 6) is 0. The molecule has 2 N–H and O–H groups in total. The number of rotatable bonds is 0. The molecule has 16 heavy (non-hydrogen) atoms. The molecule has 3 rings (SSSR count). The van der Waals surface area contributed by atoms with Gasteiger partial charge in [0, 0.05) is 11.6 Å². The van der Waals surface area contributed by atoms with Gasteiger partial charge in [-0.3, -0.25) is 0 Å². The fourth-order valence-corrected chi connectivity index (χ4v) is 2.48. The molecule has 1 aromatic rings. The van der Waals surface area contributed by atoms with Crippen LogP contribution in [0.5, 0.6) is 0 Å². The summed E-state index contributed by atoms with van der Waals surface area (Å²) in [7, 11) is 0. The smallest absolute Gasteiger partial charge is 0.211 e. The number of benzene rings is 1. The van der Waals surface area contributed by atoms with E-state index in [9.17, 15) is 0 Å². The zero-order valence-electron chi connectivity index (χ0n) is 9.42. The minimum Gasteiger partial charge on any atom is -0.316 e. The van der Waals surface area contributed by atoms with Gasteiger partial charge in [0.05, 0.1) is 5.22 Å². The number of para-hydroxylation sites is 1.